The minimum absolute atomic E-state index is 0.0734. The zero-order chi connectivity index (χ0) is 49.4. The minimum Gasteiger partial charge on any atom is -0.493 e. The number of carbonyl (C=O) groups excluding carboxylic acids is 2. The van der Waals surface area contributed by atoms with Crippen molar-refractivity contribution in [3.05, 3.63) is 118 Å². The summed E-state index contributed by atoms with van der Waals surface area (Å²) in [4.78, 5) is 34.0. The summed E-state index contributed by atoms with van der Waals surface area (Å²) >= 11 is 0. The Morgan fingerprint density at radius 3 is 1.24 bits per heavy atom. The van der Waals surface area contributed by atoms with E-state index in [1.165, 1.54) is 29.3 Å². The van der Waals surface area contributed by atoms with Crippen molar-refractivity contribution in [2.75, 3.05) is 106 Å². The number of benzene rings is 4. The van der Waals surface area contributed by atoms with Crippen LogP contribution in [-0.4, -0.2) is 160 Å². The molecular formula is C50H68N4O8. The van der Waals surface area contributed by atoms with Crippen LogP contribution in [0.5, 0.6) is 23.0 Å². The molecule has 2 aliphatic heterocycles. The number of methoxy groups -OCH3 is 2. The number of hydrogen-bond donors (Lipinski definition) is 2. The molecule has 2 heterocycles. The van der Waals surface area contributed by atoms with Crippen molar-refractivity contribution in [1.29, 1.82) is 0 Å². The smallest absolute Gasteiger partial charge is 0.161 e. The number of Topliss-reactive ketones (excluding diaryl/α,β-unsaturated/α-hetero) is 2. The summed E-state index contributed by atoms with van der Waals surface area (Å²) in [5.41, 5.74) is 3.41. The highest BCUT2D eigenvalue weighted by atomic mass is 16.5. The topological polar surface area (TPSA) is 124 Å². The maximum absolute atomic E-state index is 12.9. The number of hydrogen-bond acceptors (Lipinski definition) is 12. The number of carbonyl (C=O) groups is 2. The monoisotopic (exact) mass is 859 g/mol. The molecule has 0 aliphatic carbocycles. The summed E-state index contributed by atoms with van der Waals surface area (Å²) in [5.74, 6) is 2.48. The van der Waals surface area contributed by atoms with Gasteiger partial charge in [-0.05, 0) is 85.2 Å². The van der Waals surface area contributed by atoms with Crippen molar-refractivity contribution < 1.29 is 47.0 Å². The number of aryl methyl sites for hydroxylation is 4. The standard InChI is InChI=1S/2C25H34N2O4/c2*1-19-7-6-8-20(2)23(19)15-21(28)16-26-11-13-27(14-12-26)17-22(29)18-31-25-10-5-4-9-24(25)30-3/h2*4-10,22,29H,11-18H2,1-3H3/i1D3,2D3;. The fourth-order valence-corrected chi connectivity index (χ4v) is 7.72. The van der Waals surface area contributed by atoms with E-state index in [0.717, 1.165) is 31.7 Å². The lowest BCUT2D eigenvalue weighted by Gasteiger charge is -2.35. The van der Waals surface area contributed by atoms with Crippen molar-refractivity contribution in [2.45, 2.75) is 52.6 Å². The van der Waals surface area contributed by atoms with E-state index in [2.05, 4.69) is 40.7 Å². The summed E-state index contributed by atoms with van der Waals surface area (Å²) in [6.07, 6.45) is -1.03. The molecule has 4 aromatic rings. The molecule has 62 heavy (non-hydrogen) atoms. The van der Waals surface area contributed by atoms with Crippen LogP contribution in [0.15, 0.2) is 84.9 Å². The molecule has 0 amide bonds. The molecule has 2 atom stereocenters. The van der Waals surface area contributed by atoms with Crippen molar-refractivity contribution in [1.82, 2.24) is 19.6 Å². The summed E-state index contributed by atoms with van der Waals surface area (Å²) in [7, 11) is 3.16. The summed E-state index contributed by atoms with van der Waals surface area (Å²) in [6, 6.07) is 25.0. The number of nitrogens with zero attached hydrogens (tertiary/aromatic N) is 4. The first-order chi connectivity index (χ1) is 32.3. The average molecular weight is 859 g/mol. The first-order valence-corrected chi connectivity index (χ1v) is 21.3. The lowest BCUT2D eigenvalue weighted by molar-refractivity contribution is -0.120. The Balaban J connectivity index is 0.000000258. The van der Waals surface area contributed by atoms with Crippen LogP contribution in [0.1, 0.15) is 41.6 Å². The molecule has 0 spiro atoms. The number of ether oxygens (including phenoxy) is 4. The Labute approximate surface area is 377 Å². The number of aliphatic hydroxyl groups is 2. The first kappa shape index (κ1) is 40.0. The van der Waals surface area contributed by atoms with Gasteiger partial charge in [0.2, 0.25) is 0 Å². The van der Waals surface area contributed by atoms with Crippen LogP contribution >= 0.6 is 0 Å². The van der Waals surface area contributed by atoms with Gasteiger partial charge in [-0.2, -0.15) is 0 Å². The maximum atomic E-state index is 12.9. The van der Waals surface area contributed by atoms with E-state index in [4.69, 9.17) is 27.2 Å². The number of aliphatic hydroxyl groups excluding tert-OH is 2. The predicted molar refractivity (Wildman–Crippen MR) is 244 cm³/mol. The van der Waals surface area contributed by atoms with Crippen LogP contribution in [0, 0.1) is 27.6 Å². The van der Waals surface area contributed by atoms with Gasteiger partial charge in [0.15, 0.2) is 34.6 Å². The van der Waals surface area contributed by atoms with E-state index in [-0.39, 0.29) is 54.4 Å². The van der Waals surface area contributed by atoms with Gasteiger partial charge in [-0.3, -0.25) is 29.2 Å². The number of β-amino-alcohol motifs (C(OH)–C–C–N with tert-alkyl or cyclic N) is 2. The molecule has 336 valence electrons. The second-order valence-electron chi connectivity index (χ2n) is 16.0. The van der Waals surface area contributed by atoms with Gasteiger partial charge in [-0.15, -0.1) is 0 Å². The molecule has 0 aromatic heterocycles. The third-order valence-corrected chi connectivity index (χ3v) is 11.2. The van der Waals surface area contributed by atoms with E-state index in [0.29, 0.717) is 75.2 Å². The molecule has 0 bridgehead atoms. The highest BCUT2D eigenvalue weighted by Crippen LogP contribution is 2.27. The summed E-state index contributed by atoms with van der Waals surface area (Å²) < 4.78 is 68.6. The number of ketones is 2. The zero-order valence-electron chi connectivity index (χ0n) is 42.7. The van der Waals surface area contributed by atoms with Gasteiger partial charge in [0.1, 0.15) is 25.4 Å². The van der Waals surface area contributed by atoms with E-state index >= 15 is 0 Å². The molecule has 0 saturated carbocycles. The Bertz CT molecular complexity index is 2180. The lowest BCUT2D eigenvalue weighted by Crippen LogP contribution is -2.50. The average Bonchev–Trinajstić information content (AvgIpc) is 3.30. The van der Waals surface area contributed by atoms with Crippen LogP contribution in [0.3, 0.4) is 0 Å². The third kappa shape index (κ3) is 15.2. The van der Waals surface area contributed by atoms with Gasteiger partial charge in [0, 0.05) is 86.5 Å². The van der Waals surface area contributed by atoms with E-state index in [1.807, 2.05) is 47.4 Å². The molecule has 2 saturated heterocycles. The van der Waals surface area contributed by atoms with Crippen molar-refractivity contribution in [3.63, 3.8) is 0 Å². The highest BCUT2D eigenvalue weighted by Gasteiger charge is 2.23. The van der Waals surface area contributed by atoms with Gasteiger partial charge in [0.25, 0.3) is 0 Å². The highest BCUT2D eigenvalue weighted by molar-refractivity contribution is 5.84. The van der Waals surface area contributed by atoms with E-state index < -0.39 is 25.9 Å². The number of para-hydroxylation sites is 4. The lowest BCUT2D eigenvalue weighted by atomic mass is 9.98. The molecular weight excluding hydrogens is 785 g/mol. The quantitative estimate of drug-likeness (QED) is 0.125. The van der Waals surface area contributed by atoms with Crippen molar-refractivity contribution in [3.8, 4) is 23.0 Å². The largest absolute Gasteiger partial charge is 0.493 e. The van der Waals surface area contributed by atoms with Gasteiger partial charge < -0.3 is 29.2 Å². The molecule has 2 N–H and O–H groups in total. The Hall–Kier alpha value is -4.82. The van der Waals surface area contributed by atoms with E-state index in [9.17, 15) is 19.8 Å². The third-order valence-electron chi connectivity index (χ3n) is 11.2. The molecule has 6 rings (SSSR count). The second-order valence-corrected chi connectivity index (χ2v) is 16.0. The SMILES string of the molecule is COc1ccccc1OCC(O)CN1CCN(CC(=O)Cc2c(C)cccc2C)CC1.[2H]C([2H])([2H])c1cccc(C([2H])([2H])[2H])c1CC(=O)CN1CCN(CC(O)COc2ccccc2OC)CC1. The fraction of sp³-hybridized carbons (Fsp3) is 0.480. The predicted octanol–water partition coefficient (Wildman–Crippen LogP) is 4.96. The normalized spacial score (nSPS) is 18.0. The van der Waals surface area contributed by atoms with Gasteiger partial charge >= 0.3 is 0 Å². The molecule has 4 aromatic carbocycles. The van der Waals surface area contributed by atoms with Crippen molar-refractivity contribution >= 4 is 11.6 Å². The first-order valence-electron chi connectivity index (χ1n) is 24.3. The molecule has 2 fully saturated rings. The molecule has 0 radical (unpaired) electrons. The molecule has 2 unspecified atom stereocenters. The fourth-order valence-electron chi connectivity index (χ4n) is 7.72. The number of piperazine rings is 2. The van der Waals surface area contributed by atoms with Crippen LogP contribution in [-0.2, 0) is 22.4 Å². The molecule has 2 aliphatic rings. The van der Waals surface area contributed by atoms with Gasteiger partial charge in [0.05, 0.1) is 27.3 Å². The van der Waals surface area contributed by atoms with Crippen LogP contribution in [0.4, 0.5) is 0 Å². The van der Waals surface area contributed by atoms with Crippen LogP contribution in [0.25, 0.3) is 0 Å². The molecule has 12 heteroatoms. The summed E-state index contributed by atoms with van der Waals surface area (Å²) in [5, 5.41) is 20.8. The van der Waals surface area contributed by atoms with Crippen molar-refractivity contribution in [2.24, 2.45) is 0 Å². The second kappa shape index (κ2) is 24.7. The number of rotatable bonds is 20. The van der Waals surface area contributed by atoms with Gasteiger partial charge in [-0.25, -0.2) is 0 Å². The zero-order valence-corrected chi connectivity index (χ0v) is 36.7. The molecule has 12 nitrogen and oxygen atoms in total. The van der Waals surface area contributed by atoms with Crippen LogP contribution in [0.2, 0.25) is 0 Å². The minimum atomic E-state index is -2.52. The maximum Gasteiger partial charge on any atom is 0.161 e. The Kier molecular flexibility index (Phi) is 15.9. The Morgan fingerprint density at radius 1 is 0.532 bits per heavy atom. The van der Waals surface area contributed by atoms with Gasteiger partial charge in [-0.1, -0.05) is 60.7 Å². The van der Waals surface area contributed by atoms with Crippen LogP contribution < -0.4 is 18.9 Å². The Morgan fingerprint density at radius 2 is 0.871 bits per heavy atom. The van der Waals surface area contributed by atoms with E-state index in [1.54, 1.807) is 26.4 Å². The summed E-state index contributed by atoms with van der Waals surface area (Å²) in [6.45, 7) is 6.82.